The fourth-order valence-electron chi connectivity index (χ4n) is 2.59. The van der Waals surface area contributed by atoms with E-state index in [0.29, 0.717) is 10.9 Å². The van der Waals surface area contributed by atoms with Crippen molar-refractivity contribution >= 4 is 23.1 Å². The number of hydrogen-bond donors (Lipinski definition) is 2. The molecule has 0 spiro atoms. The Morgan fingerprint density at radius 3 is 2.56 bits per heavy atom. The van der Waals surface area contributed by atoms with Crippen LogP contribution in [0, 0.1) is 17.3 Å². The van der Waals surface area contributed by atoms with Crippen LogP contribution in [0.2, 0.25) is 0 Å². The highest BCUT2D eigenvalue weighted by Crippen LogP contribution is 2.46. The van der Waals surface area contributed by atoms with Crippen molar-refractivity contribution in [1.29, 1.82) is 0 Å². The highest BCUT2D eigenvalue weighted by molar-refractivity contribution is 7.80. The largest absolute Gasteiger partial charge is 0.392 e. The molecule has 4 heteroatoms. The van der Waals surface area contributed by atoms with Gasteiger partial charge in [0.05, 0.1) is 10.4 Å². The topological polar surface area (TPSA) is 55.1 Å². The van der Waals surface area contributed by atoms with E-state index in [1.165, 1.54) is 12.8 Å². The molecular weight excluding hydrogens is 220 g/mol. The Bertz CT molecular complexity index is 306. The van der Waals surface area contributed by atoms with Crippen LogP contribution in [0.15, 0.2) is 0 Å². The molecular formula is C12H20N2OS. The molecule has 2 rings (SSSR count). The molecule has 2 saturated carbocycles. The molecule has 3 N–H and O–H groups in total. The first kappa shape index (κ1) is 11.8. The summed E-state index contributed by atoms with van der Waals surface area (Å²) in [7, 11) is 0. The van der Waals surface area contributed by atoms with E-state index in [2.05, 4.69) is 12.2 Å². The molecule has 3 nitrogen and oxygen atoms in total. The van der Waals surface area contributed by atoms with Gasteiger partial charge in [-0.2, -0.15) is 0 Å². The molecule has 2 aliphatic rings. The van der Waals surface area contributed by atoms with Gasteiger partial charge in [0.25, 0.3) is 0 Å². The lowest BCUT2D eigenvalue weighted by Gasteiger charge is -2.44. The Morgan fingerprint density at radius 2 is 2.12 bits per heavy atom. The molecule has 0 saturated heterocycles. The minimum absolute atomic E-state index is 0.0544. The van der Waals surface area contributed by atoms with Crippen molar-refractivity contribution in [2.24, 2.45) is 23.0 Å². The Morgan fingerprint density at radius 1 is 1.50 bits per heavy atom. The van der Waals surface area contributed by atoms with Crippen LogP contribution >= 0.6 is 12.2 Å². The van der Waals surface area contributed by atoms with Crippen molar-refractivity contribution < 1.29 is 4.79 Å². The predicted molar refractivity (Wildman–Crippen MR) is 68.0 cm³/mol. The van der Waals surface area contributed by atoms with E-state index in [1.807, 2.05) is 0 Å². The van der Waals surface area contributed by atoms with Gasteiger partial charge in [-0.05, 0) is 31.1 Å². The van der Waals surface area contributed by atoms with Gasteiger partial charge in [-0.15, -0.1) is 0 Å². The number of nitrogens with two attached hydrogens (primary N) is 1. The van der Waals surface area contributed by atoms with Crippen LogP contribution in [0.4, 0.5) is 0 Å². The number of thiocarbonyl (C=S) groups is 1. The average molecular weight is 240 g/mol. The molecule has 0 bridgehead atoms. The van der Waals surface area contributed by atoms with Crippen molar-refractivity contribution in [3.05, 3.63) is 0 Å². The molecule has 1 amide bonds. The van der Waals surface area contributed by atoms with E-state index in [1.54, 1.807) is 0 Å². The van der Waals surface area contributed by atoms with Crippen molar-refractivity contribution in [2.75, 3.05) is 6.54 Å². The molecule has 0 aromatic heterocycles. The van der Waals surface area contributed by atoms with E-state index in [0.717, 1.165) is 31.7 Å². The lowest BCUT2D eigenvalue weighted by atomic mass is 9.62. The van der Waals surface area contributed by atoms with Gasteiger partial charge in [0.15, 0.2) is 0 Å². The van der Waals surface area contributed by atoms with Crippen LogP contribution in [-0.2, 0) is 4.79 Å². The van der Waals surface area contributed by atoms with E-state index in [4.69, 9.17) is 18.0 Å². The summed E-state index contributed by atoms with van der Waals surface area (Å²) in [5.41, 5.74) is 5.18. The number of carbonyl (C=O) groups excluding carboxylic acids is 1. The standard InChI is InChI=1S/C12H20N2OS/c1-8-6-12(7-8,10(13)16)11(15)14-5-4-9-2-3-9/h8-9H,2-7H2,1H3,(H2,13,16)(H,14,15). The maximum Gasteiger partial charge on any atom is 0.233 e. The zero-order valence-electron chi connectivity index (χ0n) is 9.79. The van der Waals surface area contributed by atoms with E-state index >= 15 is 0 Å². The molecule has 0 aromatic carbocycles. The summed E-state index contributed by atoms with van der Waals surface area (Å²) in [6.07, 6.45) is 5.39. The van der Waals surface area contributed by atoms with Crippen LogP contribution < -0.4 is 11.1 Å². The first-order chi connectivity index (χ1) is 7.54. The predicted octanol–water partition coefficient (Wildman–Crippen LogP) is 1.61. The quantitative estimate of drug-likeness (QED) is 0.718. The summed E-state index contributed by atoms with van der Waals surface area (Å²) in [5, 5.41) is 2.99. The second-order valence-corrected chi connectivity index (χ2v) is 5.89. The summed E-state index contributed by atoms with van der Waals surface area (Å²) < 4.78 is 0. The van der Waals surface area contributed by atoms with Gasteiger partial charge in [-0.1, -0.05) is 32.0 Å². The van der Waals surface area contributed by atoms with Crippen LogP contribution in [0.3, 0.4) is 0 Å². The minimum atomic E-state index is -0.529. The molecule has 0 aromatic rings. The minimum Gasteiger partial charge on any atom is -0.392 e. The summed E-state index contributed by atoms with van der Waals surface area (Å²) in [6, 6.07) is 0. The molecule has 90 valence electrons. The number of rotatable bonds is 5. The molecule has 0 unspecified atom stereocenters. The summed E-state index contributed by atoms with van der Waals surface area (Å²) >= 11 is 5.04. The fraction of sp³-hybridized carbons (Fsp3) is 0.833. The van der Waals surface area contributed by atoms with Crippen molar-refractivity contribution in [2.45, 2.75) is 39.0 Å². The van der Waals surface area contributed by atoms with E-state index in [-0.39, 0.29) is 5.91 Å². The second-order valence-electron chi connectivity index (χ2n) is 5.45. The van der Waals surface area contributed by atoms with Crippen molar-refractivity contribution in [1.82, 2.24) is 5.32 Å². The summed E-state index contributed by atoms with van der Waals surface area (Å²) in [6.45, 7) is 2.91. The van der Waals surface area contributed by atoms with Gasteiger partial charge in [0.1, 0.15) is 0 Å². The van der Waals surface area contributed by atoms with E-state index < -0.39 is 5.41 Å². The smallest absolute Gasteiger partial charge is 0.233 e. The average Bonchev–Trinajstić information content (AvgIpc) is 2.95. The molecule has 0 atom stereocenters. The zero-order chi connectivity index (χ0) is 11.8. The maximum atomic E-state index is 12.1. The van der Waals surface area contributed by atoms with Crippen LogP contribution in [0.5, 0.6) is 0 Å². The normalized spacial score (nSPS) is 32.9. The second kappa shape index (κ2) is 4.32. The van der Waals surface area contributed by atoms with Crippen molar-refractivity contribution in [3.8, 4) is 0 Å². The third-order valence-corrected chi connectivity index (χ3v) is 4.23. The van der Waals surface area contributed by atoms with Crippen LogP contribution in [0.1, 0.15) is 39.0 Å². The molecule has 16 heavy (non-hydrogen) atoms. The SMILES string of the molecule is CC1CC(C(=O)NCCC2CC2)(C(N)=S)C1. The van der Waals surface area contributed by atoms with Gasteiger partial charge < -0.3 is 11.1 Å². The molecule has 0 aliphatic heterocycles. The van der Waals surface area contributed by atoms with Gasteiger partial charge in [0, 0.05) is 6.54 Å². The number of nitrogens with one attached hydrogen (secondary N) is 1. The van der Waals surface area contributed by atoms with Gasteiger partial charge in [-0.25, -0.2) is 0 Å². The molecule has 2 aliphatic carbocycles. The maximum absolute atomic E-state index is 12.1. The number of carbonyl (C=O) groups is 1. The van der Waals surface area contributed by atoms with Crippen molar-refractivity contribution in [3.63, 3.8) is 0 Å². The highest BCUT2D eigenvalue weighted by atomic mass is 32.1. The Labute approximate surface area is 102 Å². The van der Waals surface area contributed by atoms with Gasteiger partial charge in [0.2, 0.25) is 5.91 Å². The fourth-order valence-corrected chi connectivity index (χ4v) is 2.85. The Balaban J connectivity index is 1.82. The van der Waals surface area contributed by atoms with Gasteiger partial charge in [-0.3, -0.25) is 4.79 Å². The summed E-state index contributed by atoms with van der Waals surface area (Å²) in [4.78, 5) is 12.4. The third kappa shape index (κ3) is 2.21. The van der Waals surface area contributed by atoms with Crippen LogP contribution in [-0.4, -0.2) is 17.4 Å². The monoisotopic (exact) mass is 240 g/mol. The van der Waals surface area contributed by atoms with Gasteiger partial charge >= 0.3 is 0 Å². The Kier molecular flexibility index (Phi) is 3.19. The molecule has 0 heterocycles. The zero-order valence-corrected chi connectivity index (χ0v) is 10.6. The molecule has 0 radical (unpaired) electrons. The van der Waals surface area contributed by atoms with Crippen LogP contribution in [0.25, 0.3) is 0 Å². The Hall–Kier alpha value is -0.640. The highest BCUT2D eigenvalue weighted by Gasteiger charge is 2.50. The molecule has 2 fully saturated rings. The first-order valence-corrected chi connectivity index (χ1v) is 6.53. The lowest BCUT2D eigenvalue weighted by molar-refractivity contribution is -0.132. The first-order valence-electron chi connectivity index (χ1n) is 6.13. The number of hydrogen-bond acceptors (Lipinski definition) is 2. The van der Waals surface area contributed by atoms with E-state index in [9.17, 15) is 4.79 Å². The lowest BCUT2D eigenvalue weighted by Crippen LogP contribution is -2.56. The summed E-state index contributed by atoms with van der Waals surface area (Å²) in [5.74, 6) is 1.47. The third-order valence-electron chi connectivity index (χ3n) is 3.84. The number of amides is 1.